The van der Waals surface area contributed by atoms with Gasteiger partial charge in [-0.15, -0.1) is 12.4 Å². The Labute approximate surface area is 133 Å². The van der Waals surface area contributed by atoms with Crippen molar-refractivity contribution in [2.24, 2.45) is 17.6 Å². The molecule has 1 rings (SSSR count). The number of carbonyl (C=O) groups is 1. The summed E-state index contributed by atoms with van der Waals surface area (Å²) in [4.78, 5) is 11.8. The van der Waals surface area contributed by atoms with Crippen LogP contribution in [0.15, 0.2) is 0 Å². The van der Waals surface area contributed by atoms with E-state index in [-0.39, 0.29) is 43.2 Å². The zero-order valence-electron chi connectivity index (χ0n) is 13.2. The molecule has 0 aromatic heterocycles. The van der Waals surface area contributed by atoms with E-state index in [1.807, 2.05) is 6.92 Å². The van der Waals surface area contributed by atoms with Crippen LogP contribution >= 0.6 is 12.4 Å². The van der Waals surface area contributed by atoms with Crippen molar-refractivity contribution < 1.29 is 18.7 Å². The number of rotatable bonds is 5. The van der Waals surface area contributed by atoms with Crippen molar-refractivity contribution in [3.63, 3.8) is 0 Å². The highest BCUT2D eigenvalue weighted by Gasteiger charge is 2.33. The number of halogens is 2. The predicted octanol–water partition coefficient (Wildman–Crippen LogP) is 2.87. The Balaban J connectivity index is 0.00000400. The molecule has 0 aromatic carbocycles. The van der Waals surface area contributed by atoms with Gasteiger partial charge in [-0.2, -0.15) is 0 Å². The zero-order valence-corrected chi connectivity index (χ0v) is 14.0. The topological polar surface area (TPSA) is 61.5 Å². The van der Waals surface area contributed by atoms with E-state index >= 15 is 0 Å². The van der Waals surface area contributed by atoms with Crippen LogP contribution in [0, 0.1) is 11.8 Å². The smallest absolute Gasteiger partial charge is 0.323 e. The lowest BCUT2D eigenvalue weighted by Gasteiger charge is -2.31. The third-order valence-corrected chi connectivity index (χ3v) is 3.72. The molecular formula is C15H29ClFNO3. The molecule has 4 atom stereocenters. The lowest BCUT2D eigenvalue weighted by molar-refractivity contribution is -0.161. The molecule has 0 amide bonds. The Morgan fingerprint density at radius 2 is 2.10 bits per heavy atom. The molecule has 0 aliphatic carbocycles. The Morgan fingerprint density at radius 1 is 1.43 bits per heavy atom. The number of nitrogens with two attached hydrogens (primary N) is 1. The van der Waals surface area contributed by atoms with E-state index in [1.54, 1.807) is 0 Å². The van der Waals surface area contributed by atoms with Gasteiger partial charge >= 0.3 is 5.97 Å². The number of ether oxygens (including phenoxy) is 2. The molecular weight excluding hydrogens is 297 g/mol. The largest absolute Gasteiger partial charge is 0.459 e. The van der Waals surface area contributed by atoms with E-state index < -0.39 is 6.04 Å². The van der Waals surface area contributed by atoms with Gasteiger partial charge in [-0.1, -0.05) is 20.3 Å². The Hall–Kier alpha value is -0.390. The van der Waals surface area contributed by atoms with Crippen LogP contribution in [0.2, 0.25) is 0 Å². The van der Waals surface area contributed by atoms with E-state index in [2.05, 4.69) is 13.8 Å². The lowest BCUT2D eigenvalue weighted by atomic mass is 9.90. The van der Waals surface area contributed by atoms with Crippen molar-refractivity contribution in [3.8, 4) is 0 Å². The molecule has 126 valence electrons. The normalized spacial score (nSPS) is 30.9. The Kier molecular flexibility index (Phi) is 10.2. The fraction of sp³-hybridized carbons (Fsp3) is 0.933. The molecule has 1 fully saturated rings. The van der Waals surface area contributed by atoms with Crippen molar-refractivity contribution >= 4 is 18.4 Å². The van der Waals surface area contributed by atoms with Gasteiger partial charge < -0.3 is 15.2 Å². The van der Waals surface area contributed by atoms with Crippen molar-refractivity contribution in [1.29, 1.82) is 0 Å². The van der Waals surface area contributed by atoms with Gasteiger partial charge in [0.05, 0.1) is 12.8 Å². The van der Waals surface area contributed by atoms with Crippen LogP contribution in [0.5, 0.6) is 0 Å². The molecule has 1 aliphatic heterocycles. The first-order valence-corrected chi connectivity index (χ1v) is 7.59. The second kappa shape index (κ2) is 10.4. The average molecular weight is 326 g/mol. The van der Waals surface area contributed by atoms with Crippen LogP contribution in [0.3, 0.4) is 0 Å². The molecule has 1 aliphatic rings. The SMILES string of the molecule is CC(C)CO[C@@H]1[C@@H](CCF)CCC[C@H](N)C(=O)O[C@H]1C.Cl. The molecule has 0 radical (unpaired) electrons. The fourth-order valence-corrected chi connectivity index (χ4v) is 2.63. The summed E-state index contributed by atoms with van der Waals surface area (Å²) < 4.78 is 24.1. The van der Waals surface area contributed by atoms with Gasteiger partial charge in [0.1, 0.15) is 12.1 Å². The van der Waals surface area contributed by atoms with Crippen LogP contribution in [-0.4, -0.2) is 37.5 Å². The summed E-state index contributed by atoms with van der Waals surface area (Å²) in [5, 5.41) is 0. The van der Waals surface area contributed by atoms with Crippen LogP contribution in [0.1, 0.15) is 46.5 Å². The second-order valence-corrected chi connectivity index (χ2v) is 6.11. The first-order chi connectivity index (χ1) is 9.45. The van der Waals surface area contributed by atoms with E-state index in [9.17, 15) is 9.18 Å². The Bertz CT molecular complexity index is 305. The summed E-state index contributed by atoms with van der Waals surface area (Å²) >= 11 is 0. The molecule has 0 spiro atoms. The summed E-state index contributed by atoms with van der Waals surface area (Å²) in [5.74, 6) is 0.0854. The molecule has 2 N–H and O–H groups in total. The third kappa shape index (κ3) is 6.94. The highest BCUT2D eigenvalue weighted by molar-refractivity contribution is 5.85. The number of alkyl halides is 1. The maximum Gasteiger partial charge on any atom is 0.323 e. The zero-order chi connectivity index (χ0) is 15.1. The number of hydrogen-bond acceptors (Lipinski definition) is 4. The maximum absolute atomic E-state index is 12.8. The van der Waals surface area contributed by atoms with Crippen LogP contribution in [0.25, 0.3) is 0 Å². The van der Waals surface area contributed by atoms with Crippen molar-refractivity contribution in [1.82, 2.24) is 0 Å². The van der Waals surface area contributed by atoms with Crippen molar-refractivity contribution in [2.75, 3.05) is 13.3 Å². The molecule has 0 saturated carbocycles. The number of cyclic esters (lactones) is 1. The molecule has 1 heterocycles. The molecule has 4 nitrogen and oxygen atoms in total. The van der Waals surface area contributed by atoms with Crippen LogP contribution in [0.4, 0.5) is 4.39 Å². The molecule has 0 aromatic rings. The molecule has 6 heteroatoms. The molecule has 1 saturated heterocycles. The first-order valence-electron chi connectivity index (χ1n) is 7.59. The van der Waals surface area contributed by atoms with Crippen molar-refractivity contribution in [2.45, 2.75) is 64.7 Å². The van der Waals surface area contributed by atoms with Gasteiger partial charge in [-0.3, -0.25) is 9.18 Å². The average Bonchev–Trinajstić information content (AvgIpc) is 2.41. The van der Waals surface area contributed by atoms with Gasteiger partial charge in [0.2, 0.25) is 0 Å². The maximum atomic E-state index is 12.8. The summed E-state index contributed by atoms with van der Waals surface area (Å²) in [7, 11) is 0. The predicted molar refractivity (Wildman–Crippen MR) is 83.3 cm³/mol. The van der Waals surface area contributed by atoms with E-state index in [4.69, 9.17) is 15.2 Å². The summed E-state index contributed by atoms with van der Waals surface area (Å²) in [6, 6.07) is -0.577. The van der Waals surface area contributed by atoms with E-state index in [0.29, 0.717) is 25.4 Å². The Morgan fingerprint density at radius 3 is 2.67 bits per heavy atom. The van der Waals surface area contributed by atoms with Gasteiger partial charge in [-0.05, 0) is 38.0 Å². The monoisotopic (exact) mass is 325 g/mol. The highest BCUT2D eigenvalue weighted by Crippen LogP contribution is 2.26. The number of carbonyl (C=O) groups excluding carboxylic acids is 1. The van der Waals surface area contributed by atoms with Gasteiger partial charge in [0.15, 0.2) is 0 Å². The molecule has 21 heavy (non-hydrogen) atoms. The van der Waals surface area contributed by atoms with E-state index in [1.165, 1.54) is 0 Å². The minimum atomic E-state index is -0.577. The standard InChI is InChI=1S/C15H28FNO3.ClH/c1-10(2)9-19-14-11(3)20-15(18)13(17)6-4-5-12(14)7-8-16;/h10-14H,4-9,17H2,1-3H3;1H/t11-,12+,13-,14-;/m0./s1. The van der Waals surface area contributed by atoms with Gasteiger partial charge in [0, 0.05) is 6.61 Å². The first kappa shape index (κ1) is 20.6. The third-order valence-electron chi connectivity index (χ3n) is 3.72. The number of hydrogen-bond donors (Lipinski definition) is 1. The quantitative estimate of drug-likeness (QED) is 0.789. The van der Waals surface area contributed by atoms with Crippen LogP contribution in [-0.2, 0) is 14.3 Å². The summed E-state index contributed by atoms with van der Waals surface area (Å²) in [6.45, 7) is 6.14. The molecule has 0 bridgehead atoms. The summed E-state index contributed by atoms with van der Waals surface area (Å²) in [6.07, 6.45) is 2.02. The minimum absolute atomic E-state index is 0. The van der Waals surface area contributed by atoms with Crippen molar-refractivity contribution in [3.05, 3.63) is 0 Å². The lowest BCUT2D eigenvalue weighted by Crippen LogP contribution is -2.40. The summed E-state index contributed by atoms with van der Waals surface area (Å²) in [5.41, 5.74) is 5.78. The molecule has 0 unspecified atom stereocenters. The highest BCUT2D eigenvalue weighted by atomic mass is 35.5. The van der Waals surface area contributed by atoms with Gasteiger partial charge in [-0.25, -0.2) is 0 Å². The van der Waals surface area contributed by atoms with Gasteiger partial charge in [0.25, 0.3) is 0 Å². The van der Waals surface area contributed by atoms with E-state index in [0.717, 1.165) is 12.8 Å². The van der Waals surface area contributed by atoms with Crippen LogP contribution < -0.4 is 5.73 Å². The second-order valence-electron chi connectivity index (χ2n) is 6.11. The fourth-order valence-electron chi connectivity index (χ4n) is 2.63. The minimum Gasteiger partial charge on any atom is -0.459 e. The number of esters is 1.